The number of halogens is 2. The Hall–Kier alpha value is -0.560. The Labute approximate surface area is 95.5 Å². The van der Waals surface area contributed by atoms with Crippen LogP contribution in [0.1, 0.15) is 0 Å². The van der Waals surface area contributed by atoms with Crippen LogP contribution in [0, 0.1) is 9.39 Å². The van der Waals surface area contributed by atoms with Crippen LogP contribution < -0.4 is 10.5 Å². The van der Waals surface area contributed by atoms with Crippen LogP contribution in [-0.2, 0) is 4.74 Å². The van der Waals surface area contributed by atoms with E-state index in [2.05, 4.69) is 0 Å². The predicted octanol–water partition coefficient (Wildman–Crippen LogP) is 2.04. The molecular weight excluding hydrogens is 300 g/mol. The Morgan fingerprint density at radius 2 is 2.14 bits per heavy atom. The second-order valence-electron chi connectivity index (χ2n) is 2.65. The van der Waals surface area contributed by atoms with Crippen molar-refractivity contribution in [2.45, 2.75) is 0 Å². The SMILES string of the molecule is COCCOc1cc(F)c(I)cc1N. The molecular formula is C9H11FINO2. The lowest BCUT2D eigenvalue weighted by Crippen LogP contribution is -2.06. The van der Waals surface area contributed by atoms with Crippen LogP contribution in [0.5, 0.6) is 5.75 Å². The molecule has 14 heavy (non-hydrogen) atoms. The fourth-order valence-electron chi connectivity index (χ4n) is 0.904. The molecule has 0 aromatic heterocycles. The number of methoxy groups -OCH3 is 1. The minimum atomic E-state index is -0.327. The molecule has 0 bridgehead atoms. The van der Waals surface area contributed by atoms with Gasteiger partial charge in [-0.05, 0) is 28.7 Å². The zero-order valence-corrected chi connectivity index (χ0v) is 9.88. The number of hydrogen-bond donors (Lipinski definition) is 1. The van der Waals surface area contributed by atoms with Crippen LogP contribution in [0.3, 0.4) is 0 Å². The molecule has 0 atom stereocenters. The lowest BCUT2D eigenvalue weighted by Gasteiger charge is -2.08. The summed E-state index contributed by atoms with van der Waals surface area (Å²) in [5.74, 6) is 0.0344. The Morgan fingerprint density at radius 3 is 2.79 bits per heavy atom. The molecule has 2 N–H and O–H groups in total. The van der Waals surface area contributed by atoms with Gasteiger partial charge in [-0.1, -0.05) is 0 Å². The van der Waals surface area contributed by atoms with Gasteiger partial charge in [0.1, 0.15) is 18.2 Å². The van der Waals surface area contributed by atoms with Gasteiger partial charge < -0.3 is 15.2 Å². The lowest BCUT2D eigenvalue weighted by molar-refractivity contribution is 0.146. The van der Waals surface area contributed by atoms with E-state index in [9.17, 15) is 4.39 Å². The molecule has 0 aliphatic rings. The first-order valence-corrected chi connectivity index (χ1v) is 5.09. The normalized spacial score (nSPS) is 10.2. The average molecular weight is 311 g/mol. The van der Waals surface area contributed by atoms with Gasteiger partial charge in [-0.15, -0.1) is 0 Å². The van der Waals surface area contributed by atoms with E-state index in [1.807, 2.05) is 22.6 Å². The van der Waals surface area contributed by atoms with Crippen molar-refractivity contribution >= 4 is 28.3 Å². The highest BCUT2D eigenvalue weighted by molar-refractivity contribution is 14.1. The summed E-state index contributed by atoms with van der Waals surface area (Å²) in [6, 6.07) is 2.82. The third kappa shape index (κ3) is 2.98. The molecule has 0 unspecified atom stereocenters. The van der Waals surface area contributed by atoms with Crippen LogP contribution >= 0.6 is 22.6 Å². The Bertz CT molecular complexity index is 320. The van der Waals surface area contributed by atoms with Gasteiger partial charge >= 0.3 is 0 Å². The van der Waals surface area contributed by atoms with Crippen LogP contribution in [0.25, 0.3) is 0 Å². The molecule has 0 saturated carbocycles. The van der Waals surface area contributed by atoms with Gasteiger partial charge in [-0.25, -0.2) is 4.39 Å². The van der Waals surface area contributed by atoms with Crippen molar-refractivity contribution in [1.82, 2.24) is 0 Å². The molecule has 0 saturated heterocycles. The molecule has 0 spiro atoms. The van der Waals surface area contributed by atoms with Crippen molar-refractivity contribution in [2.75, 3.05) is 26.1 Å². The summed E-state index contributed by atoms with van der Waals surface area (Å²) < 4.78 is 23.6. The van der Waals surface area contributed by atoms with Crippen LogP contribution in [0.2, 0.25) is 0 Å². The average Bonchev–Trinajstić information content (AvgIpc) is 2.14. The molecule has 3 nitrogen and oxygen atoms in total. The molecule has 0 radical (unpaired) electrons. The van der Waals surface area contributed by atoms with E-state index < -0.39 is 0 Å². The van der Waals surface area contributed by atoms with Gasteiger partial charge in [0.05, 0.1) is 15.9 Å². The van der Waals surface area contributed by atoms with Gasteiger partial charge in [0, 0.05) is 13.2 Å². The van der Waals surface area contributed by atoms with E-state index in [1.54, 1.807) is 7.11 Å². The van der Waals surface area contributed by atoms with E-state index in [-0.39, 0.29) is 5.82 Å². The van der Waals surface area contributed by atoms with E-state index in [0.717, 1.165) is 0 Å². The highest BCUT2D eigenvalue weighted by atomic mass is 127. The first-order valence-electron chi connectivity index (χ1n) is 4.01. The summed E-state index contributed by atoms with van der Waals surface area (Å²) in [4.78, 5) is 0. The highest BCUT2D eigenvalue weighted by Gasteiger charge is 2.06. The number of nitrogen functional groups attached to an aromatic ring is 1. The molecule has 78 valence electrons. The summed E-state index contributed by atoms with van der Waals surface area (Å²) in [7, 11) is 1.57. The van der Waals surface area contributed by atoms with Gasteiger partial charge in [0.15, 0.2) is 0 Å². The molecule has 0 heterocycles. The van der Waals surface area contributed by atoms with Crippen molar-refractivity contribution in [3.8, 4) is 5.75 Å². The monoisotopic (exact) mass is 311 g/mol. The highest BCUT2D eigenvalue weighted by Crippen LogP contribution is 2.25. The van der Waals surface area contributed by atoms with Crippen molar-refractivity contribution < 1.29 is 13.9 Å². The van der Waals surface area contributed by atoms with Crippen molar-refractivity contribution in [3.05, 3.63) is 21.5 Å². The lowest BCUT2D eigenvalue weighted by atomic mass is 10.3. The largest absolute Gasteiger partial charge is 0.489 e. The van der Waals surface area contributed by atoms with Crippen LogP contribution in [-0.4, -0.2) is 20.3 Å². The second-order valence-corrected chi connectivity index (χ2v) is 3.81. The Balaban J connectivity index is 2.72. The summed E-state index contributed by atoms with van der Waals surface area (Å²) >= 11 is 1.88. The minimum absolute atomic E-state index is 0.327. The number of rotatable bonds is 4. The number of hydrogen-bond acceptors (Lipinski definition) is 3. The zero-order valence-electron chi connectivity index (χ0n) is 7.72. The first kappa shape index (κ1) is 11.5. The smallest absolute Gasteiger partial charge is 0.145 e. The first-order chi connectivity index (χ1) is 6.65. The second kappa shape index (κ2) is 5.35. The predicted molar refractivity (Wildman–Crippen MR) is 60.9 cm³/mol. The summed E-state index contributed by atoms with van der Waals surface area (Å²) in [6.07, 6.45) is 0. The van der Waals surface area contributed by atoms with Gasteiger partial charge in [-0.2, -0.15) is 0 Å². The third-order valence-electron chi connectivity index (χ3n) is 1.60. The summed E-state index contributed by atoms with van der Waals surface area (Å²) in [6.45, 7) is 0.813. The molecule has 0 fully saturated rings. The van der Waals surface area contributed by atoms with Gasteiger partial charge in [0.25, 0.3) is 0 Å². The minimum Gasteiger partial charge on any atom is -0.489 e. The number of ether oxygens (including phenoxy) is 2. The molecule has 0 aliphatic heterocycles. The Morgan fingerprint density at radius 1 is 1.43 bits per heavy atom. The van der Waals surface area contributed by atoms with Crippen LogP contribution in [0.4, 0.5) is 10.1 Å². The summed E-state index contributed by atoms with van der Waals surface area (Å²) in [5, 5.41) is 0. The van der Waals surface area contributed by atoms with E-state index in [1.165, 1.54) is 12.1 Å². The van der Waals surface area contributed by atoms with Gasteiger partial charge in [0.2, 0.25) is 0 Å². The van der Waals surface area contributed by atoms with Crippen molar-refractivity contribution in [2.24, 2.45) is 0 Å². The maximum Gasteiger partial charge on any atom is 0.145 e. The standard InChI is InChI=1S/C9H11FINO2/c1-13-2-3-14-9-4-6(10)7(11)5-8(9)12/h4-5H,2-3,12H2,1H3. The molecule has 1 aromatic rings. The Kier molecular flexibility index (Phi) is 4.40. The summed E-state index contributed by atoms with van der Waals surface area (Å²) in [5.41, 5.74) is 6.07. The molecule has 1 aromatic carbocycles. The van der Waals surface area contributed by atoms with E-state index >= 15 is 0 Å². The number of nitrogens with two attached hydrogens (primary N) is 1. The fraction of sp³-hybridized carbons (Fsp3) is 0.333. The maximum absolute atomic E-state index is 13.1. The van der Waals surface area contributed by atoms with Crippen LogP contribution in [0.15, 0.2) is 12.1 Å². The third-order valence-corrected chi connectivity index (χ3v) is 2.42. The number of anilines is 1. The topological polar surface area (TPSA) is 44.5 Å². The molecule has 5 heteroatoms. The van der Waals surface area contributed by atoms with E-state index in [4.69, 9.17) is 15.2 Å². The number of benzene rings is 1. The maximum atomic E-state index is 13.1. The van der Waals surface area contributed by atoms with E-state index in [0.29, 0.717) is 28.2 Å². The molecule has 0 amide bonds. The zero-order chi connectivity index (χ0) is 10.6. The fourth-order valence-corrected chi connectivity index (χ4v) is 1.40. The molecule has 0 aliphatic carbocycles. The van der Waals surface area contributed by atoms with Gasteiger partial charge in [-0.3, -0.25) is 0 Å². The van der Waals surface area contributed by atoms with Crippen molar-refractivity contribution in [1.29, 1.82) is 0 Å². The quantitative estimate of drug-likeness (QED) is 0.526. The van der Waals surface area contributed by atoms with Crippen molar-refractivity contribution in [3.63, 3.8) is 0 Å². The molecule has 1 rings (SSSR count).